The number of carboxylic acids is 1. The SMILES string of the molecule is CC(C)CC(CO)NCC(=O)O. The van der Waals surface area contributed by atoms with Crippen LogP contribution in [0.25, 0.3) is 0 Å². The number of hydrogen-bond donors (Lipinski definition) is 3. The van der Waals surface area contributed by atoms with Crippen molar-refractivity contribution < 1.29 is 15.0 Å². The van der Waals surface area contributed by atoms with Gasteiger partial charge in [-0.05, 0) is 12.3 Å². The van der Waals surface area contributed by atoms with Crippen LogP contribution in [-0.2, 0) is 4.79 Å². The zero-order valence-corrected chi connectivity index (χ0v) is 7.58. The third-order valence-electron chi connectivity index (χ3n) is 1.52. The fourth-order valence-electron chi connectivity index (χ4n) is 1.02. The zero-order chi connectivity index (χ0) is 9.56. The molecule has 0 fully saturated rings. The summed E-state index contributed by atoms with van der Waals surface area (Å²) in [6.45, 7) is 3.97. The smallest absolute Gasteiger partial charge is 0.317 e. The van der Waals surface area contributed by atoms with Gasteiger partial charge in [-0.25, -0.2) is 0 Å². The molecule has 0 aliphatic rings. The van der Waals surface area contributed by atoms with Crippen LogP contribution in [0, 0.1) is 5.92 Å². The summed E-state index contributed by atoms with van der Waals surface area (Å²) >= 11 is 0. The van der Waals surface area contributed by atoms with Crippen molar-refractivity contribution in [3.05, 3.63) is 0 Å². The Bertz CT molecular complexity index is 136. The van der Waals surface area contributed by atoms with Crippen LogP contribution in [0.4, 0.5) is 0 Å². The molecule has 0 spiro atoms. The van der Waals surface area contributed by atoms with Crippen molar-refractivity contribution in [3.63, 3.8) is 0 Å². The minimum atomic E-state index is -0.891. The Balaban J connectivity index is 3.60. The minimum Gasteiger partial charge on any atom is -0.480 e. The summed E-state index contributed by atoms with van der Waals surface area (Å²) in [7, 11) is 0. The highest BCUT2D eigenvalue weighted by Crippen LogP contribution is 2.03. The van der Waals surface area contributed by atoms with E-state index in [0.29, 0.717) is 5.92 Å². The van der Waals surface area contributed by atoms with Crippen molar-refractivity contribution in [2.45, 2.75) is 26.3 Å². The van der Waals surface area contributed by atoms with Gasteiger partial charge in [0.25, 0.3) is 0 Å². The molecule has 12 heavy (non-hydrogen) atoms. The molecule has 1 unspecified atom stereocenters. The highest BCUT2D eigenvalue weighted by atomic mass is 16.4. The number of aliphatic carboxylic acids is 1. The summed E-state index contributed by atoms with van der Waals surface area (Å²) in [5.74, 6) is -0.430. The number of aliphatic hydroxyl groups excluding tert-OH is 1. The average Bonchev–Trinajstić information content (AvgIpc) is 1.97. The summed E-state index contributed by atoms with van der Waals surface area (Å²) < 4.78 is 0. The van der Waals surface area contributed by atoms with E-state index in [9.17, 15) is 4.79 Å². The first kappa shape index (κ1) is 11.4. The maximum atomic E-state index is 10.2. The Morgan fingerprint density at radius 2 is 2.08 bits per heavy atom. The Hall–Kier alpha value is -0.610. The molecule has 0 rings (SSSR count). The molecule has 0 saturated heterocycles. The lowest BCUT2D eigenvalue weighted by Crippen LogP contribution is -2.37. The van der Waals surface area contributed by atoms with E-state index in [1.54, 1.807) is 0 Å². The van der Waals surface area contributed by atoms with Crippen molar-refractivity contribution in [2.24, 2.45) is 5.92 Å². The Morgan fingerprint density at radius 1 is 1.50 bits per heavy atom. The highest BCUT2D eigenvalue weighted by Gasteiger charge is 2.09. The van der Waals surface area contributed by atoms with E-state index < -0.39 is 5.97 Å². The van der Waals surface area contributed by atoms with Gasteiger partial charge in [-0.3, -0.25) is 4.79 Å². The van der Waals surface area contributed by atoms with E-state index in [4.69, 9.17) is 10.2 Å². The molecule has 4 heteroatoms. The highest BCUT2D eigenvalue weighted by molar-refractivity contribution is 5.69. The van der Waals surface area contributed by atoms with Gasteiger partial charge in [0.15, 0.2) is 0 Å². The molecule has 0 saturated carbocycles. The number of carbonyl (C=O) groups is 1. The first-order valence-corrected chi connectivity index (χ1v) is 4.12. The second-order valence-electron chi connectivity index (χ2n) is 3.28. The van der Waals surface area contributed by atoms with Gasteiger partial charge in [-0.15, -0.1) is 0 Å². The number of hydrogen-bond acceptors (Lipinski definition) is 3. The van der Waals surface area contributed by atoms with Crippen molar-refractivity contribution in [2.75, 3.05) is 13.2 Å². The molecule has 0 aromatic heterocycles. The normalized spacial score (nSPS) is 13.3. The molecule has 0 radical (unpaired) electrons. The molecule has 0 amide bonds. The molecule has 72 valence electrons. The van der Waals surface area contributed by atoms with Crippen LogP contribution in [0.3, 0.4) is 0 Å². The Labute approximate surface area is 72.6 Å². The summed E-state index contributed by atoms with van der Waals surface area (Å²) in [4.78, 5) is 10.2. The molecule has 0 aromatic carbocycles. The number of aliphatic hydroxyl groups is 1. The second-order valence-corrected chi connectivity index (χ2v) is 3.28. The lowest BCUT2D eigenvalue weighted by Gasteiger charge is -2.16. The van der Waals surface area contributed by atoms with Crippen molar-refractivity contribution in [1.29, 1.82) is 0 Å². The largest absolute Gasteiger partial charge is 0.480 e. The summed E-state index contributed by atoms with van der Waals surface area (Å²) in [6, 6.07) is -0.0962. The third kappa shape index (κ3) is 6.12. The van der Waals surface area contributed by atoms with Gasteiger partial charge in [0.1, 0.15) is 0 Å². The summed E-state index contributed by atoms with van der Waals surface area (Å²) in [5, 5.41) is 19.9. The quantitative estimate of drug-likeness (QED) is 0.534. The fraction of sp³-hybridized carbons (Fsp3) is 0.875. The van der Waals surface area contributed by atoms with Crippen molar-refractivity contribution in [3.8, 4) is 0 Å². The molecule has 0 heterocycles. The van der Waals surface area contributed by atoms with Gasteiger partial charge in [-0.2, -0.15) is 0 Å². The fourth-order valence-corrected chi connectivity index (χ4v) is 1.02. The van der Waals surface area contributed by atoms with Gasteiger partial charge in [0, 0.05) is 6.04 Å². The maximum absolute atomic E-state index is 10.2. The van der Waals surface area contributed by atoms with E-state index in [2.05, 4.69) is 5.32 Å². The van der Waals surface area contributed by atoms with Crippen LogP contribution in [0.5, 0.6) is 0 Å². The first-order chi connectivity index (χ1) is 5.56. The lowest BCUT2D eigenvalue weighted by molar-refractivity contribution is -0.136. The van der Waals surface area contributed by atoms with E-state index in [0.717, 1.165) is 6.42 Å². The molecule has 0 bridgehead atoms. The van der Waals surface area contributed by atoms with Gasteiger partial charge < -0.3 is 15.5 Å². The Kier molecular flexibility index (Phi) is 5.66. The minimum absolute atomic E-state index is 0.00847. The van der Waals surface area contributed by atoms with Gasteiger partial charge in [0.2, 0.25) is 0 Å². The standard InChI is InChI=1S/C8H17NO3/c1-6(2)3-7(5-10)9-4-8(11)12/h6-7,9-10H,3-5H2,1-2H3,(H,11,12). The Morgan fingerprint density at radius 3 is 2.42 bits per heavy atom. The monoisotopic (exact) mass is 175 g/mol. The zero-order valence-electron chi connectivity index (χ0n) is 7.58. The van der Waals surface area contributed by atoms with Crippen LogP contribution in [0.1, 0.15) is 20.3 Å². The number of nitrogens with one attached hydrogen (secondary N) is 1. The average molecular weight is 175 g/mol. The van der Waals surface area contributed by atoms with Crippen LogP contribution in [0.2, 0.25) is 0 Å². The topological polar surface area (TPSA) is 69.6 Å². The van der Waals surface area contributed by atoms with Gasteiger partial charge in [0.05, 0.1) is 13.2 Å². The van der Waals surface area contributed by atoms with Gasteiger partial charge >= 0.3 is 5.97 Å². The third-order valence-corrected chi connectivity index (χ3v) is 1.52. The first-order valence-electron chi connectivity index (χ1n) is 4.12. The second kappa shape index (κ2) is 5.97. The predicted molar refractivity (Wildman–Crippen MR) is 46.0 cm³/mol. The molecule has 0 aromatic rings. The summed E-state index contributed by atoms with van der Waals surface area (Å²) in [5.41, 5.74) is 0. The molecular formula is C8H17NO3. The van der Waals surface area contributed by atoms with E-state index >= 15 is 0 Å². The van der Waals surface area contributed by atoms with Gasteiger partial charge in [-0.1, -0.05) is 13.8 Å². The maximum Gasteiger partial charge on any atom is 0.317 e. The van der Waals surface area contributed by atoms with Crippen LogP contribution in [0.15, 0.2) is 0 Å². The van der Waals surface area contributed by atoms with Crippen LogP contribution >= 0.6 is 0 Å². The molecule has 4 nitrogen and oxygen atoms in total. The van der Waals surface area contributed by atoms with E-state index in [1.807, 2.05) is 13.8 Å². The van der Waals surface area contributed by atoms with E-state index in [-0.39, 0.29) is 19.2 Å². The lowest BCUT2D eigenvalue weighted by atomic mass is 10.0. The van der Waals surface area contributed by atoms with E-state index in [1.165, 1.54) is 0 Å². The molecule has 0 aliphatic heterocycles. The number of rotatable bonds is 6. The predicted octanol–water partition coefficient (Wildman–Crippen LogP) is 0.0676. The number of carboxylic acid groups (broad SMARTS) is 1. The van der Waals surface area contributed by atoms with Crippen LogP contribution in [-0.4, -0.2) is 35.4 Å². The molecular weight excluding hydrogens is 158 g/mol. The molecule has 1 atom stereocenters. The van der Waals surface area contributed by atoms with Crippen molar-refractivity contribution in [1.82, 2.24) is 5.32 Å². The molecule has 3 N–H and O–H groups in total. The van der Waals surface area contributed by atoms with Crippen molar-refractivity contribution >= 4 is 5.97 Å². The summed E-state index contributed by atoms with van der Waals surface area (Å²) in [6.07, 6.45) is 0.795. The molecule has 0 aliphatic carbocycles. The van der Waals surface area contributed by atoms with Crippen LogP contribution < -0.4 is 5.32 Å².